The van der Waals surface area contributed by atoms with E-state index in [9.17, 15) is 9.90 Å². The number of anilines is 1. The number of carbonyl (C=O) groups is 1. The zero-order valence-electron chi connectivity index (χ0n) is 25.5. The van der Waals surface area contributed by atoms with Crippen LogP contribution < -0.4 is 14.4 Å². The van der Waals surface area contributed by atoms with Crippen molar-refractivity contribution in [1.29, 1.82) is 0 Å². The van der Waals surface area contributed by atoms with E-state index in [4.69, 9.17) is 14.6 Å². The van der Waals surface area contributed by atoms with Crippen molar-refractivity contribution < 1.29 is 24.5 Å². The second-order valence-electron chi connectivity index (χ2n) is 12.3. The molecule has 1 aromatic carbocycles. The molecule has 0 amide bonds. The lowest BCUT2D eigenvalue weighted by atomic mass is 9.82. The Morgan fingerprint density at radius 3 is 2.29 bits per heavy atom. The molecule has 8 heteroatoms. The Hall–Kier alpha value is -3.65. The smallest absolute Gasteiger partial charge is 0.307 e. The molecule has 3 heterocycles. The van der Waals surface area contributed by atoms with Crippen LogP contribution in [0.2, 0.25) is 0 Å². The third-order valence-electron chi connectivity index (χ3n) is 6.97. The number of carboxylic acid groups (broad SMARTS) is 1. The van der Waals surface area contributed by atoms with Crippen LogP contribution in [0.25, 0.3) is 11.3 Å². The van der Waals surface area contributed by atoms with Crippen molar-refractivity contribution in [3.8, 4) is 22.8 Å². The molecular formula is C33H45N3O5. The first-order chi connectivity index (χ1) is 19.3. The Kier molecular flexibility index (Phi) is 10.7. The van der Waals surface area contributed by atoms with Gasteiger partial charge in [-0.2, -0.15) is 0 Å². The van der Waals surface area contributed by atoms with Gasteiger partial charge >= 0.3 is 5.97 Å². The third-order valence-corrected chi connectivity index (χ3v) is 6.97. The van der Waals surface area contributed by atoms with E-state index in [0.29, 0.717) is 12.4 Å². The number of hydrogen-bond donors (Lipinski definition) is 2. The van der Waals surface area contributed by atoms with Gasteiger partial charge in [0.05, 0.1) is 43.3 Å². The average Bonchev–Trinajstić information content (AvgIpc) is 2.90. The maximum Gasteiger partial charge on any atom is 0.307 e. The summed E-state index contributed by atoms with van der Waals surface area (Å²) in [6, 6.07) is 11.7. The van der Waals surface area contributed by atoms with Gasteiger partial charge in [0.1, 0.15) is 11.5 Å². The van der Waals surface area contributed by atoms with Crippen LogP contribution in [0.1, 0.15) is 64.3 Å². The van der Waals surface area contributed by atoms with Gasteiger partial charge in [-0.25, -0.2) is 0 Å². The molecule has 2 N–H and O–H groups in total. The van der Waals surface area contributed by atoms with E-state index in [-0.39, 0.29) is 11.8 Å². The SMILES string of the molecule is CC(C)(C)O.COc1ccccc1CCOc1ccc(-c2cnc(C)c(CC(=O)O)c2N2CCC(C)(C)CC2)nc1. The lowest BCUT2D eigenvalue weighted by Crippen LogP contribution is -2.38. The number of ether oxygens (including phenoxy) is 2. The highest BCUT2D eigenvalue weighted by Gasteiger charge is 2.29. The predicted octanol–water partition coefficient (Wildman–Crippen LogP) is 6.11. The Morgan fingerprint density at radius 2 is 1.71 bits per heavy atom. The molecule has 1 aliphatic heterocycles. The standard InChI is InChI=1S/C29H35N3O4.C4H10O/c1-20-23(17-27(33)34)28(32-14-12-29(2,3)13-15-32)24(19-30-20)25-10-9-22(18-31-25)36-16-11-21-7-5-6-8-26(21)35-4;1-4(2,3)5/h5-10,18-19H,11-17H2,1-4H3,(H,33,34);5H,1-3H3. The van der Waals surface area contributed by atoms with Crippen LogP contribution in [0.3, 0.4) is 0 Å². The molecule has 2 aromatic heterocycles. The highest BCUT2D eigenvalue weighted by atomic mass is 16.5. The summed E-state index contributed by atoms with van der Waals surface area (Å²) in [4.78, 5) is 23.2. The summed E-state index contributed by atoms with van der Waals surface area (Å²) < 4.78 is 11.4. The summed E-state index contributed by atoms with van der Waals surface area (Å²) >= 11 is 0. The number of nitrogens with zero attached hydrogens (tertiary/aromatic N) is 3. The van der Waals surface area contributed by atoms with Gasteiger partial charge < -0.3 is 24.6 Å². The van der Waals surface area contributed by atoms with E-state index in [1.54, 1.807) is 34.1 Å². The van der Waals surface area contributed by atoms with Crippen LogP contribution in [0.4, 0.5) is 5.69 Å². The second kappa shape index (κ2) is 13.8. The minimum atomic E-state index is -0.859. The number of rotatable bonds is 9. The van der Waals surface area contributed by atoms with Crippen LogP contribution in [-0.2, 0) is 17.6 Å². The van der Waals surface area contributed by atoms with Gasteiger partial charge in [-0.05, 0) is 69.7 Å². The largest absolute Gasteiger partial charge is 0.496 e. The number of methoxy groups -OCH3 is 1. The molecular weight excluding hydrogens is 518 g/mol. The van der Waals surface area contributed by atoms with E-state index in [0.717, 1.165) is 71.9 Å². The number of hydrogen-bond acceptors (Lipinski definition) is 7. The quantitative estimate of drug-likeness (QED) is 0.321. The molecule has 0 radical (unpaired) electrons. The van der Waals surface area contributed by atoms with Crippen molar-refractivity contribution in [2.45, 2.75) is 72.8 Å². The van der Waals surface area contributed by atoms with Gasteiger partial charge in [0, 0.05) is 42.5 Å². The molecule has 1 aliphatic rings. The van der Waals surface area contributed by atoms with Gasteiger partial charge in [-0.15, -0.1) is 0 Å². The summed E-state index contributed by atoms with van der Waals surface area (Å²) in [5.74, 6) is 0.676. The normalized spacial score (nSPS) is 14.6. The highest BCUT2D eigenvalue weighted by molar-refractivity contribution is 5.83. The summed E-state index contributed by atoms with van der Waals surface area (Å²) in [6.45, 7) is 13.9. The predicted molar refractivity (Wildman–Crippen MR) is 163 cm³/mol. The summed E-state index contributed by atoms with van der Waals surface area (Å²) in [6.07, 6.45) is 6.30. The molecule has 0 atom stereocenters. The van der Waals surface area contributed by atoms with Gasteiger partial charge in [-0.1, -0.05) is 32.0 Å². The van der Waals surface area contributed by atoms with E-state index in [1.807, 2.05) is 49.5 Å². The number of aromatic nitrogens is 2. The van der Waals surface area contributed by atoms with Crippen molar-refractivity contribution >= 4 is 11.7 Å². The van der Waals surface area contributed by atoms with Crippen molar-refractivity contribution in [3.63, 3.8) is 0 Å². The molecule has 0 saturated carbocycles. The fourth-order valence-electron chi connectivity index (χ4n) is 4.69. The minimum absolute atomic E-state index is 0.0634. The topological polar surface area (TPSA) is 105 Å². The van der Waals surface area contributed by atoms with Gasteiger partial charge in [-0.3, -0.25) is 14.8 Å². The van der Waals surface area contributed by atoms with Gasteiger partial charge in [0.25, 0.3) is 0 Å². The number of aliphatic carboxylic acids is 1. The van der Waals surface area contributed by atoms with Crippen LogP contribution in [-0.4, -0.2) is 58.6 Å². The fourth-order valence-corrected chi connectivity index (χ4v) is 4.69. The van der Waals surface area contributed by atoms with Crippen LogP contribution in [0.5, 0.6) is 11.5 Å². The summed E-state index contributed by atoms with van der Waals surface area (Å²) in [7, 11) is 1.67. The molecule has 222 valence electrons. The third kappa shape index (κ3) is 9.74. The Morgan fingerprint density at radius 1 is 1.05 bits per heavy atom. The lowest BCUT2D eigenvalue weighted by Gasteiger charge is -2.40. The molecule has 3 aromatic rings. The second-order valence-corrected chi connectivity index (χ2v) is 12.3. The Bertz CT molecular complexity index is 1280. The summed E-state index contributed by atoms with van der Waals surface area (Å²) in [5.41, 5.74) is 4.94. The molecule has 1 saturated heterocycles. The number of pyridine rings is 2. The lowest BCUT2D eigenvalue weighted by molar-refractivity contribution is -0.136. The number of carboxylic acids is 1. The molecule has 0 aliphatic carbocycles. The maximum atomic E-state index is 11.7. The highest BCUT2D eigenvalue weighted by Crippen LogP contribution is 2.39. The zero-order valence-corrected chi connectivity index (χ0v) is 25.5. The average molecular weight is 564 g/mol. The van der Waals surface area contributed by atoms with Crippen LogP contribution in [0, 0.1) is 12.3 Å². The molecule has 0 bridgehead atoms. The molecule has 8 nitrogen and oxygen atoms in total. The van der Waals surface area contributed by atoms with E-state index >= 15 is 0 Å². The first-order valence-electron chi connectivity index (χ1n) is 14.2. The number of aryl methyl sites for hydroxylation is 1. The zero-order chi connectivity index (χ0) is 30.2. The van der Waals surface area contributed by atoms with Crippen molar-refractivity contribution in [2.75, 3.05) is 31.7 Å². The van der Waals surface area contributed by atoms with Gasteiger partial charge in [0.15, 0.2) is 0 Å². The van der Waals surface area contributed by atoms with Crippen LogP contribution in [0.15, 0.2) is 48.8 Å². The fraction of sp³-hybridized carbons (Fsp3) is 0.485. The number of piperidine rings is 1. The first kappa shape index (κ1) is 31.9. The van der Waals surface area contributed by atoms with Crippen LogP contribution >= 0.6 is 0 Å². The number of para-hydroxylation sites is 1. The first-order valence-corrected chi connectivity index (χ1v) is 14.2. The number of benzene rings is 1. The minimum Gasteiger partial charge on any atom is -0.496 e. The molecule has 41 heavy (non-hydrogen) atoms. The van der Waals surface area contributed by atoms with Crippen molar-refractivity contribution in [3.05, 3.63) is 65.6 Å². The Labute approximate surface area is 244 Å². The molecule has 1 fully saturated rings. The van der Waals surface area contributed by atoms with Crippen molar-refractivity contribution in [1.82, 2.24) is 9.97 Å². The van der Waals surface area contributed by atoms with Gasteiger partial charge in [0.2, 0.25) is 0 Å². The van der Waals surface area contributed by atoms with E-state index in [1.165, 1.54) is 0 Å². The molecule has 4 rings (SSSR count). The Balaban J connectivity index is 0.000000850. The van der Waals surface area contributed by atoms with E-state index < -0.39 is 11.6 Å². The van der Waals surface area contributed by atoms with E-state index in [2.05, 4.69) is 28.7 Å². The molecule has 0 unspecified atom stereocenters. The monoisotopic (exact) mass is 563 g/mol. The van der Waals surface area contributed by atoms with Crippen molar-refractivity contribution in [2.24, 2.45) is 5.41 Å². The summed E-state index contributed by atoms with van der Waals surface area (Å²) in [5, 5.41) is 18.1. The molecule has 0 spiro atoms. The maximum absolute atomic E-state index is 11.7. The number of aliphatic hydroxyl groups is 1.